The lowest BCUT2D eigenvalue weighted by Crippen LogP contribution is -3.12. The molecule has 1 amide bonds. The SMILES string of the molecule is CC[NH+](CC)CCN(C(=O)c1ccc([N+](=O)[O-])o1)c1nc2c(OC)cccc2s1. The predicted molar refractivity (Wildman–Crippen MR) is 110 cm³/mol. The van der Waals surface area contributed by atoms with Gasteiger partial charge in [0.1, 0.15) is 16.2 Å². The second-order valence-corrected chi connectivity index (χ2v) is 7.37. The van der Waals surface area contributed by atoms with Crippen molar-refractivity contribution in [3.05, 3.63) is 46.2 Å². The summed E-state index contributed by atoms with van der Waals surface area (Å²) in [4.78, 5) is 30.9. The molecule has 1 aromatic carbocycles. The number of carbonyl (C=O) groups is 1. The van der Waals surface area contributed by atoms with E-state index in [4.69, 9.17) is 9.15 Å². The van der Waals surface area contributed by atoms with Crippen molar-refractivity contribution in [1.29, 1.82) is 0 Å². The molecule has 154 valence electrons. The van der Waals surface area contributed by atoms with E-state index in [0.29, 0.717) is 29.5 Å². The normalized spacial score (nSPS) is 11.2. The van der Waals surface area contributed by atoms with Gasteiger partial charge in [0.25, 0.3) is 5.91 Å². The number of nitrogens with zero attached hydrogens (tertiary/aromatic N) is 3. The van der Waals surface area contributed by atoms with Gasteiger partial charge >= 0.3 is 5.88 Å². The quantitative estimate of drug-likeness (QED) is 0.422. The molecule has 0 fully saturated rings. The molecule has 10 heteroatoms. The first-order valence-electron chi connectivity index (χ1n) is 9.31. The van der Waals surface area contributed by atoms with E-state index in [1.807, 2.05) is 18.2 Å². The molecule has 0 aliphatic rings. The largest absolute Gasteiger partial charge is 0.494 e. The van der Waals surface area contributed by atoms with E-state index in [0.717, 1.165) is 17.8 Å². The summed E-state index contributed by atoms with van der Waals surface area (Å²) < 4.78 is 11.4. The second kappa shape index (κ2) is 9.01. The first-order chi connectivity index (χ1) is 14.0. The van der Waals surface area contributed by atoms with Crippen molar-refractivity contribution in [3.63, 3.8) is 0 Å². The third-order valence-electron chi connectivity index (χ3n) is 4.74. The Morgan fingerprint density at radius 1 is 1.31 bits per heavy atom. The maximum absolute atomic E-state index is 13.1. The lowest BCUT2D eigenvalue weighted by atomic mass is 10.3. The Morgan fingerprint density at radius 3 is 2.69 bits per heavy atom. The highest BCUT2D eigenvalue weighted by Crippen LogP contribution is 2.34. The molecule has 0 atom stereocenters. The van der Waals surface area contributed by atoms with E-state index in [2.05, 4.69) is 18.8 Å². The van der Waals surface area contributed by atoms with Gasteiger partial charge in [-0.1, -0.05) is 17.4 Å². The monoisotopic (exact) mass is 419 g/mol. The number of nitro groups is 1. The van der Waals surface area contributed by atoms with Gasteiger partial charge in [-0.05, 0) is 32.0 Å². The number of nitrogens with one attached hydrogen (secondary N) is 1. The van der Waals surface area contributed by atoms with Crippen LogP contribution in [0.3, 0.4) is 0 Å². The van der Waals surface area contributed by atoms with Gasteiger partial charge in [-0.25, -0.2) is 4.98 Å². The summed E-state index contributed by atoms with van der Waals surface area (Å²) in [6.07, 6.45) is 0. The molecule has 0 radical (unpaired) electrons. The Balaban J connectivity index is 1.98. The summed E-state index contributed by atoms with van der Waals surface area (Å²) in [5.41, 5.74) is 0.674. The van der Waals surface area contributed by atoms with Gasteiger partial charge in [-0.3, -0.25) is 19.8 Å². The van der Waals surface area contributed by atoms with Crippen LogP contribution in [0, 0.1) is 10.1 Å². The zero-order valence-corrected chi connectivity index (χ0v) is 17.3. The van der Waals surface area contributed by atoms with Crippen LogP contribution in [-0.4, -0.2) is 49.1 Å². The molecular weight excluding hydrogens is 396 g/mol. The van der Waals surface area contributed by atoms with Gasteiger partial charge in [0, 0.05) is 0 Å². The lowest BCUT2D eigenvalue weighted by molar-refractivity contribution is -0.894. The number of carbonyl (C=O) groups excluding carboxylic acids is 1. The number of fused-ring (bicyclic) bond motifs is 1. The van der Waals surface area contributed by atoms with Gasteiger partial charge in [-0.2, -0.15) is 0 Å². The number of aromatic nitrogens is 1. The standard InChI is InChI=1S/C19H22N4O5S/c1-4-21(5-2)11-12-22(18(24)14-9-10-16(28-14)23(25)26)19-20-17-13(27-3)7-6-8-15(17)29-19/h6-10H,4-5,11-12H2,1-3H3/p+1. The van der Waals surface area contributed by atoms with Crippen molar-refractivity contribution in [2.75, 3.05) is 38.2 Å². The molecule has 0 aliphatic carbocycles. The zero-order chi connectivity index (χ0) is 21.0. The molecular formula is C19H23N4O5S+. The lowest BCUT2D eigenvalue weighted by Gasteiger charge is -2.22. The number of benzene rings is 1. The number of hydrogen-bond donors (Lipinski definition) is 1. The fourth-order valence-electron chi connectivity index (χ4n) is 3.02. The summed E-state index contributed by atoms with van der Waals surface area (Å²) >= 11 is 1.37. The Kier molecular flexibility index (Phi) is 6.45. The number of methoxy groups -OCH3 is 1. The topological polar surface area (TPSA) is 103 Å². The number of thiazole rings is 1. The van der Waals surface area contributed by atoms with E-state index in [9.17, 15) is 14.9 Å². The summed E-state index contributed by atoms with van der Waals surface area (Å²) in [5.74, 6) is -0.380. The number of quaternary nitrogens is 1. The molecule has 0 aliphatic heterocycles. The zero-order valence-electron chi connectivity index (χ0n) is 16.5. The molecule has 0 bridgehead atoms. The van der Waals surface area contributed by atoms with Crippen LogP contribution in [0.5, 0.6) is 5.75 Å². The number of ether oxygens (including phenoxy) is 1. The van der Waals surface area contributed by atoms with E-state index in [1.165, 1.54) is 33.3 Å². The predicted octanol–water partition coefficient (Wildman–Crippen LogP) is 2.38. The minimum Gasteiger partial charge on any atom is -0.494 e. The van der Waals surface area contributed by atoms with Crippen LogP contribution >= 0.6 is 11.3 Å². The highest BCUT2D eigenvalue weighted by atomic mass is 32.1. The number of furan rings is 1. The fourth-order valence-corrected chi connectivity index (χ4v) is 4.03. The van der Waals surface area contributed by atoms with Crippen molar-refractivity contribution in [3.8, 4) is 5.75 Å². The molecule has 2 heterocycles. The van der Waals surface area contributed by atoms with Crippen LogP contribution in [0.25, 0.3) is 10.2 Å². The molecule has 29 heavy (non-hydrogen) atoms. The van der Waals surface area contributed by atoms with Crippen LogP contribution in [0.1, 0.15) is 24.4 Å². The minimum atomic E-state index is -0.663. The smallest absolute Gasteiger partial charge is 0.433 e. The summed E-state index contributed by atoms with van der Waals surface area (Å²) in [6.45, 7) is 7.16. The number of amides is 1. The second-order valence-electron chi connectivity index (χ2n) is 6.36. The van der Waals surface area contributed by atoms with Crippen LogP contribution in [0.15, 0.2) is 34.7 Å². The molecule has 9 nitrogen and oxygen atoms in total. The molecule has 0 saturated carbocycles. The van der Waals surface area contributed by atoms with Crippen molar-refractivity contribution in [2.24, 2.45) is 0 Å². The minimum absolute atomic E-state index is 0.0857. The summed E-state index contributed by atoms with van der Waals surface area (Å²) in [7, 11) is 1.57. The van der Waals surface area contributed by atoms with Crippen LogP contribution in [0.2, 0.25) is 0 Å². The van der Waals surface area contributed by atoms with E-state index in [-0.39, 0.29) is 5.76 Å². The van der Waals surface area contributed by atoms with E-state index in [1.54, 1.807) is 7.11 Å². The van der Waals surface area contributed by atoms with Crippen LogP contribution in [-0.2, 0) is 0 Å². The van der Waals surface area contributed by atoms with Gasteiger partial charge in [0.15, 0.2) is 10.9 Å². The average molecular weight is 419 g/mol. The summed E-state index contributed by atoms with van der Waals surface area (Å²) in [6, 6.07) is 8.10. The number of para-hydroxylation sites is 1. The van der Waals surface area contributed by atoms with Gasteiger partial charge in [-0.15, -0.1) is 0 Å². The molecule has 1 N–H and O–H groups in total. The Bertz CT molecular complexity index is 1010. The third-order valence-corrected chi connectivity index (χ3v) is 5.78. The van der Waals surface area contributed by atoms with Crippen molar-refractivity contribution < 1.29 is 23.8 Å². The van der Waals surface area contributed by atoms with E-state index < -0.39 is 16.7 Å². The van der Waals surface area contributed by atoms with Crippen molar-refractivity contribution in [2.45, 2.75) is 13.8 Å². The van der Waals surface area contributed by atoms with Gasteiger partial charge < -0.3 is 14.1 Å². The van der Waals surface area contributed by atoms with E-state index >= 15 is 0 Å². The highest BCUT2D eigenvalue weighted by molar-refractivity contribution is 7.22. The van der Waals surface area contributed by atoms with Gasteiger partial charge in [0.05, 0.1) is 44.1 Å². The first-order valence-corrected chi connectivity index (χ1v) is 10.1. The molecule has 3 aromatic rings. The number of hydrogen-bond acceptors (Lipinski definition) is 7. The fraction of sp³-hybridized carbons (Fsp3) is 0.368. The van der Waals surface area contributed by atoms with Crippen molar-refractivity contribution in [1.82, 2.24) is 4.98 Å². The molecule has 0 unspecified atom stereocenters. The first kappa shape index (κ1) is 20.7. The Hall–Kier alpha value is -2.98. The number of likely N-dealkylation sites (N-methyl/N-ethyl adjacent to an activating group) is 1. The van der Waals surface area contributed by atoms with Crippen LogP contribution in [0.4, 0.5) is 11.0 Å². The molecule has 2 aromatic heterocycles. The number of rotatable bonds is 9. The molecule has 0 spiro atoms. The maximum atomic E-state index is 13.1. The summed E-state index contributed by atoms with van der Waals surface area (Å²) in [5, 5.41) is 11.4. The third kappa shape index (κ3) is 4.38. The Labute approximate surface area is 171 Å². The molecule has 3 rings (SSSR count). The maximum Gasteiger partial charge on any atom is 0.433 e. The van der Waals surface area contributed by atoms with Crippen LogP contribution < -0.4 is 14.5 Å². The Morgan fingerprint density at radius 2 is 2.07 bits per heavy atom. The average Bonchev–Trinajstić information content (AvgIpc) is 3.38. The van der Waals surface area contributed by atoms with Gasteiger partial charge in [0.2, 0.25) is 0 Å². The van der Waals surface area contributed by atoms with Crippen molar-refractivity contribution >= 4 is 38.5 Å². The molecule has 0 saturated heterocycles. The number of anilines is 1. The highest BCUT2D eigenvalue weighted by Gasteiger charge is 2.27.